The number of aromatic amines is 1. The van der Waals surface area contributed by atoms with Crippen molar-refractivity contribution >= 4 is 33.8 Å². The summed E-state index contributed by atoms with van der Waals surface area (Å²) in [6.07, 6.45) is 0. The Morgan fingerprint density at radius 1 is 1.64 bits per heavy atom. The lowest BCUT2D eigenvalue weighted by molar-refractivity contribution is 1.02. The molecule has 1 N–H and O–H groups in total. The maximum Gasteiger partial charge on any atom is 0.0800 e. The van der Waals surface area contributed by atoms with Gasteiger partial charge < -0.3 is 0 Å². The van der Waals surface area contributed by atoms with E-state index in [-0.39, 0.29) is 0 Å². The minimum Gasteiger partial charge on any atom is -0.277 e. The summed E-state index contributed by atoms with van der Waals surface area (Å²) >= 11 is 6.83. The maximum atomic E-state index is 5.18. The van der Waals surface area contributed by atoms with E-state index in [0.717, 1.165) is 20.4 Å². The molecule has 2 heterocycles. The Kier molecular flexibility index (Phi) is 1.51. The van der Waals surface area contributed by atoms with Gasteiger partial charge in [0.1, 0.15) is 0 Å². The van der Waals surface area contributed by atoms with E-state index in [4.69, 9.17) is 12.2 Å². The molecule has 2 aromatic rings. The topological polar surface area (TPSA) is 28.7 Å². The first-order valence-electron chi connectivity index (χ1n) is 3.21. The van der Waals surface area contributed by atoms with Crippen molar-refractivity contribution in [3.05, 3.63) is 21.7 Å². The predicted molar refractivity (Wildman–Crippen MR) is 49.5 cm³/mol. The summed E-state index contributed by atoms with van der Waals surface area (Å²) in [5, 5.41) is 9.00. The van der Waals surface area contributed by atoms with Gasteiger partial charge in [-0.25, -0.2) is 0 Å². The highest BCUT2D eigenvalue weighted by Gasteiger charge is 1.98. The highest BCUT2D eigenvalue weighted by atomic mass is 32.1. The van der Waals surface area contributed by atoms with Crippen molar-refractivity contribution < 1.29 is 0 Å². The number of aromatic nitrogens is 2. The molecule has 4 heteroatoms. The Bertz CT molecular complexity index is 441. The predicted octanol–water partition coefficient (Wildman–Crippen LogP) is 2.66. The fraction of sp³-hybridized carbons (Fsp3) is 0.143. The van der Waals surface area contributed by atoms with Crippen molar-refractivity contribution in [1.29, 1.82) is 0 Å². The van der Waals surface area contributed by atoms with Crippen molar-refractivity contribution in [3.8, 4) is 0 Å². The van der Waals surface area contributed by atoms with Crippen LogP contribution >= 0.6 is 23.6 Å². The second kappa shape index (κ2) is 2.39. The molecule has 0 unspecified atom stereocenters. The summed E-state index contributed by atoms with van der Waals surface area (Å²) in [5.74, 6) is 0. The number of nitrogens with zero attached hydrogens (tertiary/aromatic N) is 1. The van der Waals surface area contributed by atoms with E-state index in [9.17, 15) is 0 Å². The van der Waals surface area contributed by atoms with Gasteiger partial charge in [-0.3, -0.25) is 5.10 Å². The molecule has 0 saturated carbocycles. The van der Waals surface area contributed by atoms with Gasteiger partial charge in [0, 0.05) is 0 Å². The molecule has 0 saturated heterocycles. The van der Waals surface area contributed by atoms with Crippen molar-refractivity contribution in [2.45, 2.75) is 6.92 Å². The van der Waals surface area contributed by atoms with Crippen molar-refractivity contribution in [2.24, 2.45) is 0 Å². The Morgan fingerprint density at radius 3 is 3.27 bits per heavy atom. The van der Waals surface area contributed by atoms with Crippen LogP contribution in [0.2, 0.25) is 0 Å². The lowest BCUT2D eigenvalue weighted by Gasteiger charge is -1.91. The quantitative estimate of drug-likeness (QED) is 0.634. The molecular formula is C7H6N2S2. The molecule has 0 spiro atoms. The zero-order valence-electron chi connectivity index (χ0n) is 5.92. The Labute approximate surface area is 72.9 Å². The van der Waals surface area contributed by atoms with E-state index < -0.39 is 0 Å². The fourth-order valence-corrected chi connectivity index (χ4v) is 2.07. The number of thiophene rings is 1. The molecule has 0 bridgehead atoms. The molecule has 0 atom stereocenters. The first kappa shape index (κ1) is 6.94. The third kappa shape index (κ3) is 0.985. The molecule has 2 aromatic heterocycles. The molecule has 0 aliphatic heterocycles. The lowest BCUT2D eigenvalue weighted by atomic mass is 10.4. The molecule has 0 aliphatic carbocycles. The highest BCUT2D eigenvalue weighted by Crippen LogP contribution is 2.19. The van der Waals surface area contributed by atoms with Crippen LogP contribution in [0, 0.1) is 11.4 Å². The van der Waals surface area contributed by atoms with E-state index in [1.807, 2.05) is 18.4 Å². The monoisotopic (exact) mass is 182 g/mol. The van der Waals surface area contributed by atoms with Gasteiger partial charge in [0.25, 0.3) is 0 Å². The molecule has 0 radical (unpaired) electrons. The van der Waals surface area contributed by atoms with Gasteiger partial charge in [-0.2, -0.15) is 5.10 Å². The maximum absolute atomic E-state index is 5.18. The fourth-order valence-electron chi connectivity index (χ4n) is 0.932. The number of nitrogens with one attached hydrogen (secondary N) is 1. The lowest BCUT2D eigenvalue weighted by Crippen LogP contribution is -1.85. The summed E-state index contributed by atoms with van der Waals surface area (Å²) < 4.78 is 2.00. The summed E-state index contributed by atoms with van der Waals surface area (Å²) in [5.41, 5.74) is 1.93. The minimum absolute atomic E-state index is 0.869. The molecule has 56 valence electrons. The van der Waals surface area contributed by atoms with Gasteiger partial charge in [0.15, 0.2) is 0 Å². The van der Waals surface area contributed by atoms with Crippen LogP contribution in [0.3, 0.4) is 0 Å². The number of H-pyrrole nitrogens is 1. The summed E-state index contributed by atoms with van der Waals surface area (Å²) in [6.45, 7) is 1.91. The zero-order chi connectivity index (χ0) is 7.84. The smallest absolute Gasteiger partial charge is 0.0800 e. The average Bonchev–Trinajstić information content (AvgIpc) is 2.45. The molecule has 0 aromatic carbocycles. The van der Waals surface area contributed by atoms with Crippen molar-refractivity contribution in [3.63, 3.8) is 0 Å². The number of rotatable bonds is 0. The second-order valence-corrected chi connectivity index (χ2v) is 3.63. The summed E-state index contributed by atoms with van der Waals surface area (Å²) in [4.78, 5) is 0. The van der Waals surface area contributed by atoms with Gasteiger partial charge in [-0.1, -0.05) is 12.2 Å². The second-order valence-electron chi connectivity index (χ2n) is 2.30. The average molecular weight is 182 g/mol. The van der Waals surface area contributed by atoms with E-state index in [1.54, 1.807) is 11.3 Å². The van der Waals surface area contributed by atoms with Crippen LogP contribution in [0.25, 0.3) is 10.2 Å². The van der Waals surface area contributed by atoms with Crippen LogP contribution in [-0.4, -0.2) is 10.2 Å². The van der Waals surface area contributed by atoms with E-state index in [0.29, 0.717) is 0 Å². The number of hydrogen-bond acceptors (Lipinski definition) is 3. The molecule has 0 aliphatic rings. The number of aryl methyl sites for hydroxylation is 1. The summed E-state index contributed by atoms with van der Waals surface area (Å²) in [6, 6.07) is 1.99. The first-order valence-corrected chi connectivity index (χ1v) is 4.50. The molecule has 0 fully saturated rings. The van der Waals surface area contributed by atoms with Gasteiger partial charge in [0.05, 0.1) is 20.4 Å². The largest absolute Gasteiger partial charge is 0.277 e. The van der Waals surface area contributed by atoms with Gasteiger partial charge in [-0.15, -0.1) is 11.3 Å². The van der Waals surface area contributed by atoms with Crippen LogP contribution in [0.15, 0.2) is 11.4 Å². The molecule has 2 rings (SSSR count). The number of hydrogen-bond donors (Lipinski definition) is 1. The van der Waals surface area contributed by atoms with Crippen LogP contribution in [-0.2, 0) is 0 Å². The highest BCUT2D eigenvalue weighted by molar-refractivity contribution is 7.72. The van der Waals surface area contributed by atoms with E-state index in [2.05, 4.69) is 10.2 Å². The van der Waals surface area contributed by atoms with E-state index in [1.165, 1.54) is 0 Å². The zero-order valence-corrected chi connectivity index (χ0v) is 7.55. The number of fused-ring (bicyclic) bond motifs is 1. The van der Waals surface area contributed by atoms with Crippen LogP contribution in [0.1, 0.15) is 5.69 Å². The molecular weight excluding hydrogens is 176 g/mol. The van der Waals surface area contributed by atoms with Gasteiger partial charge in [0.2, 0.25) is 0 Å². The van der Waals surface area contributed by atoms with Crippen molar-refractivity contribution in [2.75, 3.05) is 0 Å². The normalized spacial score (nSPS) is 10.6. The van der Waals surface area contributed by atoms with Gasteiger partial charge >= 0.3 is 0 Å². The third-order valence-electron chi connectivity index (χ3n) is 1.54. The summed E-state index contributed by atoms with van der Waals surface area (Å²) in [7, 11) is 0. The first-order chi connectivity index (χ1) is 5.29. The third-order valence-corrected chi connectivity index (χ3v) is 3.10. The standard InChI is InChI=1S/C7H6N2S2/c1-4-6(10)7-5(9-8-4)2-3-11-7/h2-3H,1H3,(H,9,10). The SMILES string of the molecule is Cc1n[nH]c2ccsc2c1=S. The van der Waals surface area contributed by atoms with E-state index >= 15 is 0 Å². The molecule has 11 heavy (non-hydrogen) atoms. The minimum atomic E-state index is 0.869. The molecule has 2 nitrogen and oxygen atoms in total. The van der Waals surface area contributed by atoms with Crippen LogP contribution in [0.5, 0.6) is 0 Å². The Morgan fingerprint density at radius 2 is 2.45 bits per heavy atom. The Hall–Kier alpha value is -0.740. The van der Waals surface area contributed by atoms with Crippen molar-refractivity contribution in [1.82, 2.24) is 10.2 Å². The van der Waals surface area contributed by atoms with Gasteiger partial charge in [-0.05, 0) is 18.4 Å². The molecule has 0 amide bonds. The Balaban J connectivity index is 3.05. The van der Waals surface area contributed by atoms with Crippen LogP contribution < -0.4 is 0 Å². The van der Waals surface area contributed by atoms with Crippen LogP contribution in [0.4, 0.5) is 0 Å².